The van der Waals surface area contributed by atoms with Crippen LogP contribution in [0, 0.1) is 0 Å². The lowest BCUT2D eigenvalue weighted by Gasteiger charge is -2.06. The maximum Gasteiger partial charge on any atom is 0.325 e. The largest absolute Gasteiger partial charge is 0.494 e. The molecule has 8 heteroatoms. The topological polar surface area (TPSA) is 92.4 Å². The predicted molar refractivity (Wildman–Crippen MR) is 107 cm³/mol. The smallest absolute Gasteiger partial charge is 0.325 e. The molecule has 3 aromatic rings. The maximum absolute atomic E-state index is 12.3. The van der Waals surface area contributed by atoms with Crippen molar-refractivity contribution in [2.75, 3.05) is 22.6 Å². The number of carbonyl (C=O) groups excluding carboxylic acids is 2. The molecule has 27 heavy (non-hydrogen) atoms. The SMILES string of the molecule is CCOc1ccc(NC(=O)c2csc(NC(=O)Nc3ccccc3)n2)cc1. The van der Waals surface area contributed by atoms with Crippen LogP contribution in [-0.4, -0.2) is 23.5 Å². The van der Waals surface area contributed by atoms with Crippen LogP contribution in [0.15, 0.2) is 60.0 Å². The van der Waals surface area contributed by atoms with Crippen LogP contribution in [0.4, 0.5) is 21.3 Å². The number of nitrogens with zero attached hydrogens (tertiary/aromatic N) is 1. The molecule has 2 aromatic carbocycles. The average Bonchev–Trinajstić information content (AvgIpc) is 3.13. The Hall–Kier alpha value is -3.39. The van der Waals surface area contributed by atoms with E-state index >= 15 is 0 Å². The number of anilines is 3. The number of aromatic nitrogens is 1. The van der Waals surface area contributed by atoms with Crippen molar-refractivity contribution < 1.29 is 14.3 Å². The quantitative estimate of drug-likeness (QED) is 0.588. The summed E-state index contributed by atoms with van der Waals surface area (Å²) in [5.74, 6) is 0.381. The van der Waals surface area contributed by atoms with Gasteiger partial charge in [-0.15, -0.1) is 11.3 Å². The Labute approximate surface area is 160 Å². The molecule has 1 heterocycles. The highest BCUT2D eigenvalue weighted by atomic mass is 32.1. The van der Waals surface area contributed by atoms with Crippen molar-refractivity contribution in [3.05, 3.63) is 65.7 Å². The van der Waals surface area contributed by atoms with E-state index in [2.05, 4.69) is 20.9 Å². The van der Waals surface area contributed by atoms with Crippen molar-refractivity contribution in [3.63, 3.8) is 0 Å². The van der Waals surface area contributed by atoms with Crippen LogP contribution in [0.5, 0.6) is 5.75 Å². The molecule has 0 aliphatic heterocycles. The molecule has 0 atom stereocenters. The van der Waals surface area contributed by atoms with Crippen molar-refractivity contribution in [2.24, 2.45) is 0 Å². The second-order valence-corrected chi connectivity index (χ2v) is 6.25. The number of hydrogen-bond donors (Lipinski definition) is 3. The molecule has 138 valence electrons. The third kappa shape index (κ3) is 5.29. The monoisotopic (exact) mass is 382 g/mol. The van der Waals surface area contributed by atoms with Gasteiger partial charge in [-0.05, 0) is 43.3 Å². The first-order valence-corrected chi connectivity index (χ1v) is 9.15. The summed E-state index contributed by atoms with van der Waals surface area (Å²) >= 11 is 1.17. The highest BCUT2D eigenvalue weighted by molar-refractivity contribution is 7.14. The Morgan fingerprint density at radius 1 is 0.963 bits per heavy atom. The maximum atomic E-state index is 12.3. The molecule has 0 radical (unpaired) electrons. The van der Waals surface area contributed by atoms with E-state index in [1.165, 1.54) is 11.3 Å². The predicted octanol–water partition coefficient (Wildman–Crippen LogP) is 4.44. The first-order valence-electron chi connectivity index (χ1n) is 8.27. The van der Waals surface area contributed by atoms with Gasteiger partial charge in [-0.3, -0.25) is 10.1 Å². The van der Waals surface area contributed by atoms with Gasteiger partial charge >= 0.3 is 6.03 Å². The van der Waals surface area contributed by atoms with Crippen LogP contribution in [0.25, 0.3) is 0 Å². The summed E-state index contributed by atoms with van der Waals surface area (Å²) in [4.78, 5) is 28.4. The molecular formula is C19H18N4O3S. The van der Waals surface area contributed by atoms with E-state index in [0.717, 1.165) is 5.75 Å². The molecule has 0 saturated carbocycles. The van der Waals surface area contributed by atoms with Crippen LogP contribution in [0.2, 0.25) is 0 Å². The number of ether oxygens (including phenoxy) is 1. The van der Waals surface area contributed by atoms with Crippen molar-refractivity contribution in [1.29, 1.82) is 0 Å². The Kier molecular flexibility index (Phi) is 6.01. The normalized spacial score (nSPS) is 10.1. The minimum absolute atomic E-state index is 0.226. The zero-order valence-electron chi connectivity index (χ0n) is 14.6. The fourth-order valence-electron chi connectivity index (χ4n) is 2.21. The van der Waals surface area contributed by atoms with Crippen LogP contribution < -0.4 is 20.7 Å². The van der Waals surface area contributed by atoms with Gasteiger partial charge in [0.25, 0.3) is 5.91 Å². The minimum atomic E-state index is -0.422. The molecule has 0 aliphatic carbocycles. The molecule has 0 unspecified atom stereocenters. The number of carbonyl (C=O) groups is 2. The van der Waals surface area contributed by atoms with Gasteiger partial charge in [-0.25, -0.2) is 9.78 Å². The van der Waals surface area contributed by atoms with E-state index in [0.29, 0.717) is 23.1 Å². The number of hydrogen-bond acceptors (Lipinski definition) is 5. The van der Waals surface area contributed by atoms with Crippen LogP contribution in [0.3, 0.4) is 0 Å². The van der Waals surface area contributed by atoms with E-state index in [9.17, 15) is 9.59 Å². The number of rotatable bonds is 6. The molecule has 7 nitrogen and oxygen atoms in total. The number of nitrogens with one attached hydrogen (secondary N) is 3. The zero-order valence-corrected chi connectivity index (χ0v) is 15.4. The minimum Gasteiger partial charge on any atom is -0.494 e. The molecule has 3 amide bonds. The number of thiazole rings is 1. The second kappa shape index (κ2) is 8.81. The summed E-state index contributed by atoms with van der Waals surface area (Å²) in [6.45, 7) is 2.49. The van der Waals surface area contributed by atoms with Crippen molar-refractivity contribution in [1.82, 2.24) is 4.98 Å². The Balaban J connectivity index is 1.56. The van der Waals surface area contributed by atoms with Gasteiger partial charge in [0.1, 0.15) is 11.4 Å². The molecule has 0 spiro atoms. The van der Waals surface area contributed by atoms with Crippen molar-refractivity contribution in [3.8, 4) is 5.75 Å². The number of urea groups is 1. The fraction of sp³-hybridized carbons (Fsp3) is 0.105. The van der Waals surface area contributed by atoms with Crippen LogP contribution in [0.1, 0.15) is 17.4 Å². The molecule has 0 saturated heterocycles. The molecular weight excluding hydrogens is 364 g/mol. The summed E-state index contributed by atoms with van der Waals surface area (Å²) < 4.78 is 5.36. The van der Waals surface area contributed by atoms with Crippen LogP contribution in [-0.2, 0) is 0 Å². The third-order valence-electron chi connectivity index (χ3n) is 3.41. The van der Waals surface area contributed by atoms with E-state index in [1.807, 2.05) is 25.1 Å². The zero-order chi connectivity index (χ0) is 19.1. The summed E-state index contributed by atoms with van der Waals surface area (Å²) in [7, 11) is 0. The molecule has 3 rings (SSSR count). The lowest BCUT2D eigenvalue weighted by Crippen LogP contribution is -2.19. The molecule has 3 N–H and O–H groups in total. The molecule has 1 aromatic heterocycles. The number of benzene rings is 2. The Bertz CT molecular complexity index is 910. The number of para-hydroxylation sites is 1. The van der Waals surface area contributed by atoms with E-state index in [1.54, 1.807) is 41.8 Å². The highest BCUT2D eigenvalue weighted by Crippen LogP contribution is 2.19. The second-order valence-electron chi connectivity index (χ2n) is 5.39. The summed E-state index contributed by atoms with van der Waals surface area (Å²) in [6.07, 6.45) is 0. The van der Waals surface area contributed by atoms with Gasteiger partial charge in [-0.1, -0.05) is 18.2 Å². The van der Waals surface area contributed by atoms with Gasteiger partial charge in [0.2, 0.25) is 0 Å². The number of amides is 3. The Morgan fingerprint density at radius 3 is 2.37 bits per heavy atom. The summed E-state index contributed by atoms with van der Waals surface area (Å²) in [5, 5.41) is 9.97. The van der Waals surface area contributed by atoms with Gasteiger partial charge in [-0.2, -0.15) is 0 Å². The fourth-order valence-corrected chi connectivity index (χ4v) is 2.90. The molecule has 0 fully saturated rings. The molecule has 0 aliphatic rings. The standard InChI is InChI=1S/C19H18N4O3S/c1-2-26-15-10-8-14(9-11-15)20-17(24)16-12-27-19(22-16)23-18(25)21-13-6-4-3-5-7-13/h3-12H,2H2,1H3,(H,20,24)(H2,21,22,23,25). The van der Waals surface area contributed by atoms with E-state index in [-0.39, 0.29) is 11.6 Å². The van der Waals surface area contributed by atoms with E-state index in [4.69, 9.17) is 4.74 Å². The van der Waals surface area contributed by atoms with Gasteiger partial charge in [0, 0.05) is 16.8 Å². The average molecular weight is 382 g/mol. The Morgan fingerprint density at radius 2 is 1.67 bits per heavy atom. The lowest BCUT2D eigenvalue weighted by molar-refractivity contribution is 0.102. The summed E-state index contributed by atoms with van der Waals surface area (Å²) in [5.41, 5.74) is 1.52. The van der Waals surface area contributed by atoms with Crippen LogP contribution >= 0.6 is 11.3 Å². The van der Waals surface area contributed by atoms with Gasteiger partial charge in [0.15, 0.2) is 5.13 Å². The highest BCUT2D eigenvalue weighted by Gasteiger charge is 2.13. The summed E-state index contributed by atoms with van der Waals surface area (Å²) in [6, 6.07) is 15.7. The van der Waals surface area contributed by atoms with Crippen molar-refractivity contribution >= 4 is 39.8 Å². The van der Waals surface area contributed by atoms with Gasteiger partial charge in [0.05, 0.1) is 6.61 Å². The molecule has 0 bridgehead atoms. The van der Waals surface area contributed by atoms with E-state index < -0.39 is 6.03 Å². The first-order chi connectivity index (χ1) is 13.1. The van der Waals surface area contributed by atoms with Gasteiger partial charge < -0.3 is 15.4 Å². The third-order valence-corrected chi connectivity index (χ3v) is 4.17. The lowest BCUT2D eigenvalue weighted by atomic mass is 10.3. The van der Waals surface area contributed by atoms with Crippen molar-refractivity contribution in [2.45, 2.75) is 6.92 Å². The first kappa shape index (κ1) is 18.4.